The van der Waals surface area contributed by atoms with E-state index in [1.54, 1.807) is 31.9 Å². The minimum Gasteiger partial charge on any atom is -0.372 e. The average Bonchev–Trinajstić information content (AvgIpc) is 2.44. The number of nitrogens with zero attached hydrogens (tertiary/aromatic N) is 1. The van der Waals surface area contributed by atoms with Gasteiger partial charge in [-0.3, -0.25) is 9.59 Å². The fraction of sp³-hybridized carbons (Fsp3) is 0.467. The molecule has 0 aliphatic rings. The summed E-state index contributed by atoms with van der Waals surface area (Å²) in [6, 6.07) is 4.18. The zero-order valence-corrected chi connectivity index (χ0v) is 13.1. The van der Waals surface area contributed by atoms with Crippen LogP contribution >= 0.6 is 0 Å². The van der Waals surface area contributed by atoms with E-state index in [0.717, 1.165) is 0 Å². The number of anilines is 1. The second-order valence-electron chi connectivity index (χ2n) is 5.34. The van der Waals surface area contributed by atoms with Gasteiger partial charge in [-0.1, -0.05) is 0 Å². The molecule has 0 atom stereocenters. The van der Waals surface area contributed by atoms with Gasteiger partial charge in [0.2, 0.25) is 5.91 Å². The highest BCUT2D eigenvalue weighted by atomic mass is 19.1. The smallest absolute Gasteiger partial charge is 0.253 e. The molecular weight excluding hydrogens is 273 g/mol. The largest absolute Gasteiger partial charge is 0.372 e. The zero-order chi connectivity index (χ0) is 16.2. The highest BCUT2D eigenvalue weighted by Crippen LogP contribution is 2.20. The maximum atomic E-state index is 13.9. The first-order chi connectivity index (χ1) is 9.72. The van der Waals surface area contributed by atoms with Crippen molar-refractivity contribution < 1.29 is 14.0 Å². The number of hydrogen-bond donors (Lipinski definition) is 2. The third-order valence-corrected chi connectivity index (χ3v) is 3.25. The minimum atomic E-state index is -0.869. The van der Waals surface area contributed by atoms with Crippen LogP contribution in [0.15, 0.2) is 18.2 Å². The Bertz CT molecular complexity index is 544. The zero-order valence-electron chi connectivity index (χ0n) is 13.1. The van der Waals surface area contributed by atoms with E-state index in [4.69, 9.17) is 0 Å². The van der Waals surface area contributed by atoms with Crippen molar-refractivity contribution in [1.82, 2.24) is 10.2 Å². The number of likely N-dealkylation sites (N-methyl/N-ethyl adjacent to an activating group) is 1. The molecule has 0 aliphatic heterocycles. The third-order valence-electron chi connectivity index (χ3n) is 3.25. The molecule has 0 aromatic heterocycles. The van der Waals surface area contributed by atoms with Gasteiger partial charge in [0.25, 0.3) is 5.91 Å². The maximum absolute atomic E-state index is 13.9. The van der Waals surface area contributed by atoms with Gasteiger partial charge >= 0.3 is 0 Å². The van der Waals surface area contributed by atoms with Crippen molar-refractivity contribution in [3.05, 3.63) is 29.6 Å². The highest BCUT2D eigenvalue weighted by molar-refractivity contribution is 5.95. The summed E-state index contributed by atoms with van der Waals surface area (Å²) in [5, 5.41) is 5.37. The fourth-order valence-corrected chi connectivity index (χ4v) is 1.95. The molecule has 0 heterocycles. The molecule has 5 nitrogen and oxygen atoms in total. The molecule has 0 saturated heterocycles. The van der Waals surface area contributed by atoms with E-state index in [1.165, 1.54) is 19.2 Å². The van der Waals surface area contributed by atoms with Gasteiger partial charge in [0.1, 0.15) is 11.4 Å². The molecule has 0 spiro atoms. The standard InChI is InChI=1S/C15H22FN3O2/c1-6-19(5)14(21)15(2,3)18-10-7-8-11(12(16)9-10)13(20)17-4/h7-9,18H,6H2,1-5H3,(H,17,20). The monoisotopic (exact) mass is 295 g/mol. The van der Waals surface area contributed by atoms with Crippen LogP contribution in [0, 0.1) is 5.82 Å². The van der Waals surface area contributed by atoms with Crippen LogP contribution in [0.25, 0.3) is 0 Å². The normalized spacial score (nSPS) is 11.0. The number of carbonyl (C=O) groups excluding carboxylic acids is 2. The number of nitrogens with one attached hydrogen (secondary N) is 2. The minimum absolute atomic E-state index is 0.0298. The summed E-state index contributed by atoms with van der Waals surface area (Å²) in [5.41, 5.74) is -0.452. The molecular formula is C15H22FN3O2. The summed E-state index contributed by atoms with van der Waals surface area (Å²) >= 11 is 0. The van der Waals surface area contributed by atoms with Crippen LogP contribution in [0.3, 0.4) is 0 Å². The highest BCUT2D eigenvalue weighted by Gasteiger charge is 2.30. The van der Waals surface area contributed by atoms with Gasteiger partial charge in [-0.2, -0.15) is 0 Å². The fourth-order valence-electron chi connectivity index (χ4n) is 1.95. The summed E-state index contributed by atoms with van der Waals surface area (Å²) < 4.78 is 13.9. The van der Waals surface area contributed by atoms with E-state index in [9.17, 15) is 14.0 Å². The van der Waals surface area contributed by atoms with Gasteiger partial charge in [0.05, 0.1) is 5.56 Å². The summed E-state index contributed by atoms with van der Waals surface area (Å²) in [5.74, 6) is -1.22. The van der Waals surface area contributed by atoms with Crippen LogP contribution in [-0.4, -0.2) is 42.9 Å². The van der Waals surface area contributed by atoms with Crippen LogP contribution in [-0.2, 0) is 4.79 Å². The first kappa shape index (κ1) is 16.9. The van der Waals surface area contributed by atoms with Gasteiger partial charge in [0, 0.05) is 26.3 Å². The Balaban J connectivity index is 2.96. The van der Waals surface area contributed by atoms with Crippen LogP contribution in [0.4, 0.5) is 10.1 Å². The van der Waals surface area contributed by atoms with Crippen molar-refractivity contribution >= 4 is 17.5 Å². The molecule has 0 bridgehead atoms. The van der Waals surface area contributed by atoms with E-state index in [1.807, 2.05) is 6.92 Å². The molecule has 116 valence electrons. The SMILES string of the molecule is CCN(C)C(=O)C(C)(C)Nc1ccc(C(=O)NC)c(F)c1. The van der Waals surface area contributed by atoms with E-state index in [0.29, 0.717) is 12.2 Å². The first-order valence-electron chi connectivity index (χ1n) is 6.78. The molecule has 1 rings (SSSR count). The molecule has 2 N–H and O–H groups in total. The number of hydrogen-bond acceptors (Lipinski definition) is 3. The molecule has 0 radical (unpaired) electrons. The van der Waals surface area contributed by atoms with Crippen LogP contribution in [0.2, 0.25) is 0 Å². The molecule has 0 fully saturated rings. The van der Waals surface area contributed by atoms with E-state index >= 15 is 0 Å². The topological polar surface area (TPSA) is 61.4 Å². The van der Waals surface area contributed by atoms with Crippen LogP contribution < -0.4 is 10.6 Å². The van der Waals surface area contributed by atoms with E-state index < -0.39 is 17.3 Å². The van der Waals surface area contributed by atoms with Gasteiger partial charge in [-0.15, -0.1) is 0 Å². The molecule has 2 amide bonds. The van der Waals surface area contributed by atoms with E-state index in [2.05, 4.69) is 10.6 Å². The maximum Gasteiger partial charge on any atom is 0.253 e. The molecule has 1 aromatic carbocycles. The molecule has 6 heteroatoms. The number of amides is 2. The Kier molecular flexibility index (Phi) is 5.29. The van der Waals surface area contributed by atoms with Crippen LogP contribution in [0.1, 0.15) is 31.1 Å². The van der Waals surface area contributed by atoms with Crippen molar-refractivity contribution in [2.45, 2.75) is 26.3 Å². The lowest BCUT2D eigenvalue weighted by molar-refractivity contribution is -0.133. The lowest BCUT2D eigenvalue weighted by atomic mass is 10.0. The first-order valence-corrected chi connectivity index (χ1v) is 6.78. The van der Waals surface area contributed by atoms with Crippen molar-refractivity contribution in [3.8, 4) is 0 Å². The number of halogens is 1. The molecule has 0 aliphatic carbocycles. The Morgan fingerprint density at radius 2 is 1.95 bits per heavy atom. The molecule has 0 unspecified atom stereocenters. The number of carbonyl (C=O) groups is 2. The van der Waals surface area contributed by atoms with Gasteiger partial charge in [-0.05, 0) is 39.0 Å². The Morgan fingerprint density at radius 3 is 2.43 bits per heavy atom. The summed E-state index contributed by atoms with van der Waals surface area (Å²) in [6.07, 6.45) is 0. The van der Waals surface area contributed by atoms with Gasteiger partial charge in [0.15, 0.2) is 0 Å². The van der Waals surface area contributed by atoms with Crippen LogP contribution in [0.5, 0.6) is 0 Å². The lowest BCUT2D eigenvalue weighted by Gasteiger charge is -2.30. The Labute approximate surface area is 124 Å². The van der Waals surface area contributed by atoms with Crippen molar-refractivity contribution in [2.24, 2.45) is 0 Å². The Morgan fingerprint density at radius 1 is 1.33 bits per heavy atom. The molecule has 0 saturated carbocycles. The number of benzene rings is 1. The van der Waals surface area contributed by atoms with E-state index in [-0.39, 0.29) is 11.5 Å². The van der Waals surface area contributed by atoms with Crippen molar-refractivity contribution in [3.63, 3.8) is 0 Å². The lowest BCUT2D eigenvalue weighted by Crippen LogP contribution is -2.48. The summed E-state index contributed by atoms with van der Waals surface area (Å²) in [4.78, 5) is 25.2. The van der Waals surface area contributed by atoms with Gasteiger partial charge < -0.3 is 15.5 Å². The summed E-state index contributed by atoms with van der Waals surface area (Å²) in [7, 11) is 3.15. The number of rotatable bonds is 5. The average molecular weight is 295 g/mol. The molecule has 21 heavy (non-hydrogen) atoms. The predicted octanol–water partition coefficient (Wildman–Crippen LogP) is 1.85. The predicted molar refractivity (Wildman–Crippen MR) is 80.8 cm³/mol. The molecule has 1 aromatic rings. The second kappa shape index (κ2) is 6.56. The van der Waals surface area contributed by atoms with Gasteiger partial charge in [-0.25, -0.2) is 4.39 Å². The summed E-state index contributed by atoms with van der Waals surface area (Å²) in [6.45, 7) is 5.93. The quantitative estimate of drug-likeness (QED) is 0.871. The third kappa shape index (κ3) is 3.93. The Hall–Kier alpha value is -2.11. The van der Waals surface area contributed by atoms with Crippen molar-refractivity contribution in [1.29, 1.82) is 0 Å². The second-order valence-corrected chi connectivity index (χ2v) is 5.34. The van der Waals surface area contributed by atoms with Crippen molar-refractivity contribution in [2.75, 3.05) is 26.0 Å².